The van der Waals surface area contributed by atoms with Gasteiger partial charge in [-0.2, -0.15) is 0 Å². The number of hydrogen-bond donors (Lipinski definition) is 3. The quantitative estimate of drug-likeness (QED) is 0.291. The average Bonchev–Trinajstić information content (AvgIpc) is 3.11. The number of hydrogen-bond acceptors (Lipinski definition) is 4. The second-order valence-corrected chi connectivity index (χ2v) is 6.07. The summed E-state index contributed by atoms with van der Waals surface area (Å²) in [4.78, 5) is 16.0. The Labute approximate surface area is 181 Å². The summed E-state index contributed by atoms with van der Waals surface area (Å²) in [7, 11) is 1.61. The lowest BCUT2D eigenvalue weighted by Gasteiger charge is -2.11. The van der Waals surface area contributed by atoms with Crippen molar-refractivity contribution in [1.29, 1.82) is 0 Å². The molecule has 0 unspecified atom stereocenters. The van der Waals surface area contributed by atoms with Gasteiger partial charge < -0.3 is 20.5 Å². The maximum Gasteiger partial charge on any atom is 0.243 e. The number of carbonyl (C=O) groups is 1. The topological polar surface area (TPSA) is 91.5 Å². The summed E-state index contributed by atoms with van der Waals surface area (Å²) in [6.45, 7) is 4.65. The maximum atomic E-state index is 13.1. The molecule has 2 aromatic rings. The fourth-order valence-corrected chi connectivity index (χ4v) is 2.64. The molecule has 0 aliphatic carbocycles. The number of nitrogens with zero attached hydrogens (tertiary/aromatic N) is 2. The number of aromatic nitrogens is 1. The summed E-state index contributed by atoms with van der Waals surface area (Å²) in [5, 5.41) is 12.7. The van der Waals surface area contributed by atoms with Gasteiger partial charge in [-0.05, 0) is 31.0 Å². The summed E-state index contributed by atoms with van der Waals surface area (Å²) >= 11 is 0. The molecule has 0 fully saturated rings. The minimum Gasteiger partial charge on any atom is -0.359 e. The van der Waals surface area contributed by atoms with Gasteiger partial charge in [-0.1, -0.05) is 25.1 Å². The van der Waals surface area contributed by atoms with Gasteiger partial charge >= 0.3 is 0 Å². The van der Waals surface area contributed by atoms with E-state index in [1.165, 1.54) is 18.2 Å². The molecule has 0 atom stereocenters. The van der Waals surface area contributed by atoms with Crippen molar-refractivity contribution < 1.29 is 13.7 Å². The van der Waals surface area contributed by atoms with Crippen LogP contribution in [0.3, 0.4) is 0 Å². The zero-order valence-corrected chi connectivity index (χ0v) is 18.6. The fraction of sp³-hybridized carbons (Fsp3) is 0.421. The Bertz CT molecular complexity index is 777. The minimum absolute atomic E-state index is 0. The molecule has 3 N–H and O–H groups in total. The number of carbonyl (C=O) groups excluding carboxylic acids is 1. The molecule has 0 saturated carbocycles. The molecule has 2 rings (SSSR count). The predicted octanol–water partition coefficient (Wildman–Crippen LogP) is 3.64. The molecule has 1 amide bonds. The first-order chi connectivity index (χ1) is 13.0. The number of rotatable bonds is 8. The van der Waals surface area contributed by atoms with E-state index in [2.05, 4.69) is 39.9 Å². The van der Waals surface area contributed by atoms with Gasteiger partial charge in [0, 0.05) is 24.7 Å². The Morgan fingerprint density at radius 1 is 1.25 bits per heavy atom. The summed E-state index contributed by atoms with van der Waals surface area (Å²) in [5.74, 6) is 0.831. The summed E-state index contributed by atoms with van der Waals surface area (Å²) in [5.41, 5.74) is 1.36. The molecule has 0 aliphatic rings. The van der Waals surface area contributed by atoms with Gasteiger partial charge in [0.2, 0.25) is 5.91 Å². The molecule has 0 spiro atoms. The van der Waals surface area contributed by atoms with E-state index in [0.29, 0.717) is 29.9 Å². The van der Waals surface area contributed by atoms with E-state index < -0.39 is 5.82 Å². The van der Waals surface area contributed by atoms with Crippen LogP contribution >= 0.6 is 24.0 Å². The van der Waals surface area contributed by atoms with Crippen molar-refractivity contribution >= 4 is 41.5 Å². The van der Waals surface area contributed by atoms with Crippen molar-refractivity contribution in [3.8, 4) is 0 Å². The predicted molar refractivity (Wildman–Crippen MR) is 118 cm³/mol. The van der Waals surface area contributed by atoms with Crippen LogP contribution in [0.2, 0.25) is 0 Å². The first-order valence-electron chi connectivity index (χ1n) is 9.01. The van der Waals surface area contributed by atoms with Crippen LogP contribution in [-0.4, -0.2) is 30.6 Å². The normalized spacial score (nSPS) is 11.1. The van der Waals surface area contributed by atoms with Crippen molar-refractivity contribution in [2.75, 3.05) is 18.9 Å². The van der Waals surface area contributed by atoms with Crippen molar-refractivity contribution in [2.24, 2.45) is 4.99 Å². The minimum atomic E-state index is -0.405. The molecule has 7 nitrogen and oxygen atoms in total. The van der Waals surface area contributed by atoms with Gasteiger partial charge in [0.25, 0.3) is 0 Å². The smallest absolute Gasteiger partial charge is 0.243 e. The number of amides is 1. The largest absolute Gasteiger partial charge is 0.359 e. The van der Waals surface area contributed by atoms with E-state index in [9.17, 15) is 9.18 Å². The highest BCUT2D eigenvalue weighted by Crippen LogP contribution is 2.22. The first kappa shape index (κ1) is 23.9. The van der Waals surface area contributed by atoms with Crippen molar-refractivity contribution in [1.82, 2.24) is 15.8 Å². The molecular formula is C19H27FIN5O2. The third-order valence-electron chi connectivity index (χ3n) is 4.16. The number of guanidine groups is 1. The molecule has 0 radical (unpaired) electrons. The van der Waals surface area contributed by atoms with Crippen LogP contribution < -0.4 is 16.0 Å². The van der Waals surface area contributed by atoms with Gasteiger partial charge in [-0.3, -0.25) is 9.79 Å². The zero-order valence-electron chi connectivity index (χ0n) is 16.3. The van der Waals surface area contributed by atoms with E-state index in [4.69, 9.17) is 4.52 Å². The van der Waals surface area contributed by atoms with Gasteiger partial charge in [0.05, 0.1) is 18.8 Å². The molecule has 0 aliphatic heterocycles. The number of halogens is 2. The Balaban J connectivity index is 0.00000392. The van der Waals surface area contributed by atoms with E-state index in [0.717, 1.165) is 18.5 Å². The number of anilines is 1. The number of benzene rings is 1. The van der Waals surface area contributed by atoms with Crippen molar-refractivity contribution in [2.45, 2.75) is 39.2 Å². The number of nitrogens with one attached hydrogen (secondary N) is 3. The Hall–Kier alpha value is -2.17. The summed E-state index contributed by atoms with van der Waals surface area (Å²) in [6.07, 6.45) is 2.03. The molecule has 1 aromatic carbocycles. The highest BCUT2D eigenvalue weighted by molar-refractivity contribution is 14.0. The third-order valence-corrected chi connectivity index (χ3v) is 4.16. The van der Waals surface area contributed by atoms with Crippen LogP contribution in [0.25, 0.3) is 0 Å². The molecular weight excluding hydrogens is 476 g/mol. The van der Waals surface area contributed by atoms with Gasteiger partial charge in [-0.15, -0.1) is 24.0 Å². The second-order valence-electron chi connectivity index (χ2n) is 6.07. The molecule has 0 saturated heterocycles. The lowest BCUT2D eigenvalue weighted by molar-refractivity contribution is -0.115. The summed E-state index contributed by atoms with van der Waals surface area (Å²) in [6, 6.07) is 7.67. The standard InChI is InChI=1S/C19H26FN5O2.HI/c1-4-13(5-2)17-10-16(27-25-17)11-22-19(21-3)23-12-18(26)24-15-8-6-7-14(20)9-15;/h6-10,13H,4-5,11-12H2,1-3H3,(H,24,26)(H2,21,22,23);1H. The van der Waals surface area contributed by atoms with E-state index >= 15 is 0 Å². The maximum absolute atomic E-state index is 13.1. The monoisotopic (exact) mass is 503 g/mol. The Morgan fingerprint density at radius 3 is 2.64 bits per heavy atom. The van der Waals surface area contributed by atoms with Gasteiger partial charge in [-0.25, -0.2) is 4.39 Å². The van der Waals surface area contributed by atoms with Crippen LogP contribution in [0.5, 0.6) is 0 Å². The number of aliphatic imine (C=N–C) groups is 1. The average molecular weight is 503 g/mol. The second kappa shape index (κ2) is 12.3. The lowest BCUT2D eigenvalue weighted by Crippen LogP contribution is -2.41. The van der Waals surface area contributed by atoms with Crippen LogP contribution in [0.1, 0.15) is 44.1 Å². The molecule has 9 heteroatoms. The Kier molecular flexibility index (Phi) is 10.5. The lowest BCUT2D eigenvalue weighted by atomic mass is 9.99. The molecule has 154 valence electrons. The van der Waals surface area contributed by atoms with E-state index in [1.807, 2.05) is 6.07 Å². The first-order valence-corrected chi connectivity index (χ1v) is 9.01. The molecule has 28 heavy (non-hydrogen) atoms. The van der Waals surface area contributed by atoms with E-state index in [-0.39, 0.29) is 36.4 Å². The van der Waals surface area contributed by atoms with Gasteiger partial charge in [0.1, 0.15) is 5.82 Å². The van der Waals surface area contributed by atoms with Crippen LogP contribution in [0, 0.1) is 5.82 Å². The third kappa shape index (κ3) is 7.45. The molecule has 0 bridgehead atoms. The fourth-order valence-electron chi connectivity index (χ4n) is 2.64. The van der Waals surface area contributed by atoms with Crippen molar-refractivity contribution in [3.05, 3.63) is 47.6 Å². The Morgan fingerprint density at radius 2 is 2.00 bits per heavy atom. The molecule has 1 aromatic heterocycles. The highest BCUT2D eigenvalue weighted by Gasteiger charge is 2.13. The SMILES string of the molecule is CCC(CC)c1cc(CNC(=NC)NCC(=O)Nc2cccc(F)c2)on1.I. The van der Waals surface area contributed by atoms with Crippen LogP contribution in [0.4, 0.5) is 10.1 Å². The van der Waals surface area contributed by atoms with Gasteiger partial charge in [0.15, 0.2) is 11.7 Å². The summed E-state index contributed by atoms with van der Waals surface area (Å²) < 4.78 is 18.5. The van der Waals surface area contributed by atoms with E-state index in [1.54, 1.807) is 13.1 Å². The molecule has 1 heterocycles. The van der Waals surface area contributed by atoms with Crippen LogP contribution in [0.15, 0.2) is 39.8 Å². The van der Waals surface area contributed by atoms with Crippen LogP contribution in [-0.2, 0) is 11.3 Å². The highest BCUT2D eigenvalue weighted by atomic mass is 127. The van der Waals surface area contributed by atoms with Crippen molar-refractivity contribution in [3.63, 3.8) is 0 Å². The zero-order chi connectivity index (χ0) is 19.6.